The van der Waals surface area contributed by atoms with Gasteiger partial charge in [-0.3, -0.25) is 4.79 Å². The summed E-state index contributed by atoms with van der Waals surface area (Å²) in [7, 11) is -2.54. The number of hydrogen-bond acceptors (Lipinski definition) is 8. The number of rotatable bonds is 45. The van der Waals surface area contributed by atoms with E-state index < -0.39 is 8.32 Å². The normalized spacial score (nSPS) is 12.9. The third kappa shape index (κ3) is 27.2. The van der Waals surface area contributed by atoms with Crippen LogP contribution in [0.25, 0.3) is 0 Å². The molecule has 0 aliphatic carbocycles. The van der Waals surface area contributed by atoms with Crippen LogP contribution in [0.15, 0.2) is 60.7 Å². The summed E-state index contributed by atoms with van der Waals surface area (Å²) in [5.74, 6) is 2.14. The third-order valence-corrected chi connectivity index (χ3v) is 21.4. The van der Waals surface area contributed by atoms with Crippen molar-refractivity contribution in [1.82, 2.24) is 5.32 Å². The quantitative estimate of drug-likeness (QED) is 0.0304. The van der Waals surface area contributed by atoms with Crippen molar-refractivity contribution in [2.75, 3.05) is 37.9 Å². The highest BCUT2D eigenvalue weighted by Gasteiger charge is 2.50. The van der Waals surface area contributed by atoms with E-state index in [1.807, 2.05) is 0 Å². The van der Waals surface area contributed by atoms with Gasteiger partial charge in [-0.2, -0.15) is 0 Å². The Labute approximate surface area is 429 Å². The monoisotopic (exact) mass is 998 g/mol. The van der Waals surface area contributed by atoms with Crippen molar-refractivity contribution in [3.8, 4) is 0 Å². The Morgan fingerprint density at radius 1 is 0.500 bits per heavy atom. The summed E-state index contributed by atoms with van der Waals surface area (Å²) in [6.07, 6.45) is 32.0. The molecule has 0 spiro atoms. The molecule has 390 valence electrons. The lowest BCUT2D eigenvalue weighted by Crippen LogP contribution is -2.66. The van der Waals surface area contributed by atoms with Crippen molar-refractivity contribution in [2.45, 2.75) is 244 Å². The van der Waals surface area contributed by atoms with Gasteiger partial charge < -0.3 is 19.2 Å². The van der Waals surface area contributed by atoms with Crippen LogP contribution in [0.5, 0.6) is 0 Å². The first-order valence-electron chi connectivity index (χ1n) is 28.2. The van der Waals surface area contributed by atoms with Gasteiger partial charge in [-0.1, -0.05) is 225 Å². The molecule has 2 unspecified atom stereocenters. The van der Waals surface area contributed by atoms with E-state index in [2.05, 4.69) is 114 Å². The lowest BCUT2D eigenvalue weighted by molar-refractivity contribution is -0.149. The van der Waals surface area contributed by atoms with E-state index >= 15 is 0 Å². The molecule has 0 amide bonds. The molecule has 0 aliphatic heterocycles. The molecule has 0 bridgehead atoms. The highest BCUT2D eigenvalue weighted by Crippen LogP contribution is 2.37. The molecule has 2 rings (SSSR count). The maximum absolute atomic E-state index is 13.3. The molecule has 9 heteroatoms. The van der Waals surface area contributed by atoms with Crippen LogP contribution in [0.1, 0.15) is 228 Å². The second-order valence-corrected chi connectivity index (χ2v) is 27.5. The number of esters is 2. The minimum absolute atomic E-state index is 0.0264. The second kappa shape index (κ2) is 40.8. The van der Waals surface area contributed by atoms with Crippen LogP contribution in [-0.4, -0.2) is 68.8 Å². The van der Waals surface area contributed by atoms with Crippen molar-refractivity contribution >= 4 is 54.2 Å². The summed E-state index contributed by atoms with van der Waals surface area (Å²) in [4.78, 5) is 26.4. The first kappa shape index (κ1) is 62.3. The number of carbonyl (C=O) groups is 2. The molecule has 2 aromatic carbocycles. The van der Waals surface area contributed by atoms with Gasteiger partial charge in [0, 0.05) is 12.6 Å². The van der Waals surface area contributed by atoms with E-state index in [9.17, 15) is 9.59 Å². The maximum atomic E-state index is 13.3. The Morgan fingerprint density at radius 2 is 0.912 bits per heavy atom. The van der Waals surface area contributed by atoms with Crippen LogP contribution in [0.2, 0.25) is 5.04 Å². The Hall–Kier alpha value is -1.78. The van der Waals surface area contributed by atoms with Gasteiger partial charge in [0.1, 0.15) is 4.58 Å². The molecule has 2 aromatic rings. The van der Waals surface area contributed by atoms with Crippen molar-refractivity contribution in [2.24, 2.45) is 5.92 Å². The average molecular weight is 999 g/mol. The van der Waals surface area contributed by atoms with Crippen LogP contribution >= 0.6 is 23.5 Å². The van der Waals surface area contributed by atoms with Gasteiger partial charge in [-0.25, -0.2) is 4.79 Å². The average Bonchev–Trinajstić information content (AvgIpc) is 3.34. The lowest BCUT2D eigenvalue weighted by Gasteiger charge is -2.43. The Kier molecular flexibility index (Phi) is 37.4. The van der Waals surface area contributed by atoms with E-state index in [-0.39, 0.29) is 27.5 Å². The summed E-state index contributed by atoms with van der Waals surface area (Å²) in [6, 6.07) is 22.4. The molecule has 1 N–H and O–H groups in total. The number of unbranched alkanes of at least 4 members (excludes halogenated alkanes) is 17. The Morgan fingerprint density at radius 3 is 1.41 bits per heavy atom. The topological polar surface area (TPSA) is 73.9 Å². The van der Waals surface area contributed by atoms with E-state index in [1.165, 1.54) is 87.4 Å². The molecule has 0 aliphatic rings. The van der Waals surface area contributed by atoms with Gasteiger partial charge in [0.15, 0.2) is 0 Å². The van der Waals surface area contributed by atoms with Crippen LogP contribution in [-0.2, 0) is 23.5 Å². The predicted molar refractivity (Wildman–Crippen MR) is 301 cm³/mol. The zero-order valence-corrected chi connectivity index (χ0v) is 47.5. The zero-order valence-electron chi connectivity index (χ0n) is 44.9. The molecule has 6 nitrogen and oxygen atoms in total. The second-order valence-electron chi connectivity index (χ2n) is 20.5. The Bertz CT molecular complexity index is 1430. The first-order chi connectivity index (χ1) is 33.1. The van der Waals surface area contributed by atoms with E-state index in [0.29, 0.717) is 19.3 Å². The van der Waals surface area contributed by atoms with Crippen LogP contribution in [0.4, 0.5) is 0 Å². The molecule has 0 saturated heterocycles. The number of nitrogens with one attached hydrogen (secondary N) is 1. The number of benzene rings is 2. The third-order valence-electron chi connectivity index (χ3n) is 13.5. The predicted octanol–water partition coefficient (Wildman–Crippen LogP) is 16.0. The van der Waals surface area contributed by atoms with Crippen LogP contribution in [0.3, 0.4) is 0 Å². The van der Waals surface area contributed by atoms with Gasteiger partial charge in [-0.15, -0.1) is 23.5 Å². The highest BCUT2D eigenvalue weighted by atomic mass is 32.2. The minimum Gasteiger partial charge on any atom is -0.465 e. The molecular weight excluding hydrogens is 895 g/mol. The van der Waals surface area contributed by atoms with Crippen molar-refractivity contribution in [3.63, 3.8) is 0 Å². The molecular formula is C59H103NO5S2Si. The van der Waals surface area contributed by atoms with E-state index in [4.69, 9.17) is 13.9 Å². The number of carbonyl (C=O) groups excluding carboxylic acids is 2. The summed E-state index contributed by atoms with van der Waals surface area (Å²) >= 11 is 3.57. The fourth-order valence-electron chi connectivity index (χ4n) is 9.38. The SMILES string of the molecule is CCCCCCCCC(CCCCCC)C(=O)OCCCCCC(CCCCCOC(=O)C(SCCCCC)SCCCCC)NCCCCO[Si](c1ccccc1)(c1ccccc1)C(C)(C)C. The fraction of sp³-hybridized carbons (Fsp3) is 0.763. The molecule has 0 aromatic heterocycles. The summed E-state index contributed by atoms with van der Waals surface area (Å²) in [6.45, 7) is 18.8. The summed E-state index contributed by atoms with van der Waals surface area (Å²) < 4.78 is 18.9. The van der Waals surface area contributed by atoms with Gasteiger partial charge in [-0.05, 0) is 97.7 Å². The van der Waals surface area contributed by atoms with Crippen LogP contribution < -0.4 is 15.7 Å². The molecule has 0 radical (unpaired) electrons. The van der Waals surface area contributed by atoms with Crippen molar-refractivity contribution < 1.29 is 23.5 Å². The van der Waals surface area contributed by atoms with Crippen molar-refractivity contribution in [1.29, 1.82) is 0 Å². The standard InChI is InChI=1S/C59H103NO5S2Si/c1-8-12-16-18-19-25-39-52(38-24-17-13-9-2)56(61)63-47-33-22-26-40-53(41-27-23-34-48-64-57(62)58(66-50-36-14-10-3)67-51-37-15-11-4)60-46-32-35-49-65-68(59(5,6)7,54-42-28-20-29-43-54)55-44-30-21-31-45-55/h20-21,28-31,42-45,52-53,58,60H,8-19,22-27,32-41,46-51H2,1-7H3. The fourth-order valence-corrected chi connectivity index (χ4v) is 16.5. The van der Waals surface area contributed by atoms with E-state index in [0.717, 1.165) is 127 Å². The molecule has 68 heavy (non-hydrogen) atoms. The van der Waals surface area contributed by atoms with Crippen LogP contribution in [0, 0.1) is 5.92 Å². The molecule has 0 fully saturated rings. The van der Waals surface area contributed by atoms with Crippen molar-refractivity contribution in [3.05, 3.63) is 60.7 Å². The maximum Gasteiger partial charge on any atom is 0.329 e. The number of hydrogen-bond donors (Lipinski definition) is 1. The zero-order chi connectivity index (χ0) is 49.4. The Balaban J connectivity index is 1.94. The van der Waals surface area contributed by atoms with Gasteiger partial charge >= 0.3 is 11.9 Å². The first-order valence-corrected chi connectivity index (χ1v) is 32.2. The van der Waals surface area contributed by atoms with E-state index in [1.54, 1.807) is 23.5 Å². The summed E-state index contributed by atoms with van der Waals surface area (Å²) in [5.41, 5.74) is 0. The van der Waals surface area contributed by atoms with Gasteiger partial charge in [0.25, 0.3) is 8.32 Å². The number of thioether (sulfide) groups is 2. The molecule has 0 saturated carbocycles. The number of ether oxygens (including phenoxy) is 2. The smallest absolute Gasteiger partial charge is 0.329 e. The highest BCUT2D eigenvalue weighted by molar-refractivity contribution is 8.18. The largest absolute Gasteiger partial charge is 0.465 e. The lowest BCUT2D eigenvalue weighted by atomic mass is 9.94. The summed E-state index contributed by atoms with van der Waals surface area (Å²) in [5, 5.41) is 6.60. The molecule has 2 atom stereocenters. The van der Waals surface area contributed by atoms with Gasteiger partial charge in [0.2, 0.25) is 0 Å². The van der Waals surface area contributed by atoms with Gasteiger partial charge in [0.05, 0.1) is 19.1 Å². The minimum atomic E-state index is -2.54. The molecule has 0 heterocycles.